The topological polar surface area (TPSA) is 129 Å². The SMILES string of the molecule is Cc1c(Cl)cc(NC(=O)OCc2ccc3c(c2)C(=O)N(C2CCC(=O)NC2O)C3)cc1OC1CCNC1. The van der Waals surface area contributed by atoms with E-state index in [1.165, 1.54) is 0 Å². The maximum absolute atomic E-state index is 13.0. The van der Waals surface area contributed by atoms with Crippen molar-refractivity contribution < 1.29 is 29.0 Å². The van der Waals surface area contributed by atoms with Crippen molar-refractivity contribution in [2.24, 2.45) is 0 Å². The summed E-state index contributed by atoms with van der Waals surface area (Å²) in [6.07, 6.45) is -0.153. The highest BCUT2D eigenvalue weighted by Gasteiger charge is 2.39. The fourth-order valence-electron chi connectivity index (χ4n) is 4.88. The van der Waals surface area contributed by atoms with Crippen LogP contribution in [0, 0.1) is 6.92 Å². The Morgan fingerprint density at radius 2 is 2.08 bits per heavy atom. The van der Waals surface area contributed by atoms with Crippen LogP contribution in [0.15, 0.2) is 30.3 Å². The molecule has 10 nitrogen and oxygen atoms in total. The monoisotopic (exact) mass is 528 g/mol. The first-order chi connectivity index (χ1) is 17.8. The second-order valence-electron chi connectivity index (χ2n) is 9.56. The second kappa shape index (κ2) is 10.6. The number of amides is 3. The number of piperidine rings is 1. The van der Waals surface area contributed by atoms with Crippen molar-refractivity contribution in [3.8, 4) is 5.75 Å². The number of carbonyl (C=O) groups excluding carboxylic acids is 3. The van der Waals surface area contributed by atoms with Gasteiger partial charge in [0, 0.05) is 47.4 Å². The van der Waals surface area contributed by atoms with E-state index in [0.717, 1.165) is 30.6 Å². The molecule has 3 unspecified atom stereocenters. The van der Waals surface area contributed by atoms with Crippen molar-refractivity contribution in [1.29, 1.82) is 0 Å². The van der Waals surface area contributed by atoms with Crippen LogP contribution >= 0.6 is 11.6 Å². The molecule has 3 atom stereocenters. The van der Waals surface area contributed by atoms with E-state index in [1.54, 1.807) is 29.2 Å². The molecule has 196 valence electrons. The third kappa shape index (κ3) is 5.51. The Kier molecular flexibility index (Phi) is 7.23. The molecule has 5 rings (SSSR count). The largest absolute Gasteiger partial charge is 0.489 e. The zero-order valence-corrected chi connectivity index (χ0v) is 21.1. The number of aliphatic hydroxyl groups is 1. The fourth-order valence-corrected chi connectivity index (χ4v) is 5.09. The Labute approximate surface area is 219 Å². The van der Waals surface area contributed by atoms with Crippen LogP contribution in [0.2, 0.25) is 5.02 Å². The molecule has 11 heteroatoms. The van der Waals surface area contributed by atoms with Gasteiger partial charge in [0.15, 0.2) is 0 Å². The molecule has 0 aromatic heterocycles. The summed E-state index contributed by atoms with van der Waals surface area (Å²) < 4.78 is 11.4. The number of nitrogens with one attached hydrogen (secondary N) is 3. The highest BCUT2D eigenvalue weighted by atomic mass is 35.5. The number of carbonyl (C=O) groups is 3. The van der Waals surface area contributed by atoms with Crippen LogP contribution in [0.3, 0.4) is 0 Å². The van der Waals surface area contributed by atoms with Gasteiger partial charge >= 0.3 is 6.09 Å². The second-order valence-corrected chi connectivity index (χ2v) is 9.97. The molecule has 37 heavy (non-hydrogen) atoms. The molecule has 0 bridgehead atoms. The number of hydrogen-bond donors (Lipinski definition) is 4. The highest BCUT2D eigenvalue weighted by Crippen LogP contribution is 2.32. The number of halogens is 1. The van der Waals surface area contributed by atoms with Crippen LogP contribution in [-0.4, -0.2) is 59.4 Å². The van der Waals surface area contributed by atoms with Gasteiger partial charge < -0.3 is 30.1 Å². The van der Waals surface area contributed by atoms with Crippen LogP contribution in [0.4, 0.5) is 10.5 Å². The highest BCUT2D eigenvalue weighted by molar-refractivity contribution is 6.31. The Balaban J connectivity index is 1.19. The minimum Gasteiger partial charge on any atom is -0.489 e. The minimum atomic E-state index is -1.10. The van der Waals surface area contributed by atoms with Crippen LogP contribution in [0.5, 0.6) is 5.75 Å². The Morgan fingerprint density at radius 1 is 1.24 bits per heavy atom. The van der Waals surface area contributed by atoms with Gasteiger partial charge in [-0.25, -0.2) is 4.79 Å². The average molecular weight is 529 g/mol. The summed E-state index contributed by atoms with van der Waals surface area (Å²) in [5.41, 5.74) is 3.23. The summed E-state index contributed by atoms with van der Waals surface area (Å²) >= 11 is 6.35. The zero-order chi connectivity index (χ0) is 26.1. The number of anilines is 1. The molecule has 3 amide bonds. The number of ether oxygens (including phenoxy) is 2. The number of fused-ring (bicyclic) bond motifs is 1. The lowest BCUT2D eigenvalue weighted by Gasteiger charge is -2.35. The van der Waals surface area contributed by atoms with Crippen molar-refractivity contribution in [3.05, 3.63) is 57.6 Å². The molecule has 2 saturated heterocycles. The zero-order valence-electron chi connectivity index (χ0n) is 20.4. The van der Waals surface area contributed by atoms with Crippen molar-refractivity contribution in [3.63, 3.8) is 0 Å². The van der Waals surface area contributed by atoms with Crippen molar-refractivity contribution in [2.45, 2.75) is 57.7 Å². The number of benzene rings is 2. The summed E-state index contributed by atoms with van der Waals surface area (Å²) in [4.78, 5) is 38.6. The first-order valence-electron chi connectivity index (χ1n) is 12.3. The minimum absolute atomic E-state index is 0.0365. The molecule has 3 aliphatic rings. The van der Waals surface area contributed by atoms with Gasteiger partial charge in [0.1, 0.15) is 24.7 Å². The summed E-state index contributed by atoms with van der Waals surface area (Å²) in [6, 6.07) is 8.20. The van der Waals surface area contributed by atoms with Crippen LogP contribution in [0.1, 0.15) is 46.3 Å². The van der Waals surface area contributed by atoms with Gasteiger partial charge in [-0.2, -0.15) is 0 Å². The van der Waals surface area contributed by atoms with E-state index in [-0.39, 0.29) is 30.9 Å². The van der Waals surface area contributed by atoms with Crippen molar-refractivity contribution in [2.75, 3.05) is 18.4 Å². The summed E-state index contributed by atoms with van der Waals surface area (Å²) in [7, 11) is 0. The van der Waals surface area contributed by atoms with Gasteiger partial charge in [-0.15, -0.1) is 0 Å². The Bertz CT molecular complexity index is 1230. The third-order valence-corrected chi connectivity index (χ3v) is 7.36. The molecule has 2 aromatic rings. The number of rotatable bonds is 6. The van der Waals surface area contributed by atoms with Crippen LogP contribution in [-0.2, 0) is 22.7 Å². The van der Waals surface area contributed by atoms with E-state index < -0.39 is 18.4 Å². The molecule has 0 spiro atoms. The molecular formula is C26H29ClN4O6. The van der Waals surface area contributed by atoms with Gasteiger partial charge in [0.05, 0.1) is 6.04 Å². The lowest BCUT2D eigenvalue weighted by molar-refractivity contribution is -0.129. The Morgan fingerprint density at radius 3 is 2.84 bits per heavy atom. The number of aliphatic hydroxyl groups excluding tert-OH is 1. The van der Waals surface area contributed by atoms with Gasteiger partial charge in [-0.05, 0) is 49.6 Å². The molecule has 3 aliphatic heterocycles. The molecule has 2 aromatic carbocycles. The van der Waals surface area contributed by atoms with Gasteiger partial charge in [0.2, 0.25) is 5.91 Å². The fraction of sp³-hybridized carbons (Fsp3) is 0.423. The van der Waals surface area contributed by atoms with Gasteiger partial charge in [-0.1, -0.05) is 23.7 Å². The molecule has 2 fully saturated rings. The van der Waals surface area contributed by atoms with E-state index in [2.05, 4.69) is 16.0 Å². The summed E-state index contributed by atoms with van der Waals surface area (Å²) in [5.74, 6) is 0.162. The van der Waals surface area contributed by atoms with Crippen LogP contribution < -0.4 is 20.7 Å². The molecular weight excluding hydrogens is 500 g/mol. The predicted octanol–water partition coefficient (Wildman–Crippen LogP) is 2.69. The average Bonchev–Trinajstić information content (AvgIpc) is 3.49. The standard InChI is InChI=1S/C26H29ClN4O6/c1-14-20(27)9-17(10-22(14)37-18-6-7-28-11-18)29-26(35)36-13-15-2-3-16-12-31(25(34)19(16)8-15)21-4-5-23(32)30-24(21)33/h2-3,8-10,18,21,24,28,33H,4-7,11-13H2,1H3,(H,29,35)(H,30,32). The molecule has 0 aliphatic carbocycles. The normalized spacial score (nSPS) is 23.0. The lowest BCUT2D eigenvalue weighted by atomic mass is 10.0. The molecule has 0 saturated carbocycles. The maximum atomic E-state index is 13.0. The van der Waals surface area contributed by atoms with E-state index in [1.807, 2.05) is 13.0 Å². The predicted molar refractivity (Wildman–Crippen MR) is 135 cm³/mol. The van der Waals surface area contributed by atoms with Crippen molar-refractivity contribution >= 4 is 35.2 Å². The lowest BCUT2D eigenvalue weighted by Crippen LogP contribution is -2.55. The molecule has 4 N–H and O–H groups in total. The Hall–Kier alpha value is -3.34. The van der Waals surface area contributed by atoms with E-state index in [0.29, 0.717) is 40.6 Å². The summed E-state index contributed by atoms with van der Waals surface area (Å²) in [6.45, 7) is 3.84. The van der Waals surface area contributed by atoms with Gasteiger partial charge in [-0.3, -0.25) is 14.9 Å². The molecule has 0 radical (unpaired) electrons. The van der Waals surface area contributed by atoms with Crippen molar-refractivity contribution in [1.82, 2.24) is 15.5 Å². The molecule has 3 heterocycles. The quantitative estimate of drug-likeness (QED) is 0.453. The third-order valence-electron chi connectivity index (χ3n) is 6.97. The number of nitrogens with zero attached hydrogens (tertiary/aromatic N) is 1. The van der Waals surface area contributed by atoms with E-state index in [9.17, 15) is 19.5 Å². The van der Waals surface area contributed by atoms with Gasteiger partial charge in [0.25, 0.3) is 5.91 Å². The number of hydrogen-bond acceptors (Lipinski definition) is 7. The first kappa shape index (κ1) is 25.3. The van der Waals surface area contributed by atoms with E-state index >= 15 is 0 Å². The summed E-state index contributed by atoms with van der Waals surface area (Å²) in [5, 5.41) is 19.1. The maximum Gasteiger partial charge on any atom is 0.411 e. The van der Waals surface area contributed by atoms with Crippen LogP contribution in [0.25, 0.3) is 0 Å². The smallest absolute Gasteiger partial charge is 0.411 e. The van der Waals surface area contributed by atoms with E-state index in [4.69, 9.17) is 21.1 Å². The first-order valence-corrected chi connectivity index (χ1v) is 12.7.